The van der Waals surface area contributed by atoms with Crippen LogP contribution in [-0.2, 0) is 16.4 Å². The van der Waals surface area contributed by atoms with Crippen LogP contribution in [0.3, 0.4) is 0 Å². The number of nitrogens with one attached hydrogen (secondary N) is 2. The summed E-state index contributed by atoms with van der Waals surface area (Å²) in [6.45, 7) is 2.44. The molecule has 0 fully saturated rings. The zero-order chi connectivity index (χ0) is 14.2. The quantitative estimate of drug-likeness (QED) is 0.891. The van der Waals surface area contributed by atoms with Crippen LogP contribution in [0.2, 0.25) is 0 Å². The maximum Gasteiger partial charge on any atom is 0.329 e. The Balaban J connectivity index is 1.91. The Morgan fingerprint density at radius 1 is 1.35 bits per heavy atom. The molecule has 1 aliphatic rings. The molecule has 0 amide bonds. The monoisotopic (exact) mass is 294 g/mol. The lowest BCUT2D eigenvalue weighted by Crippen LogP contribution is -2.16. The number of hydrogen-bond donors (Lipinski definition) is 2. The second kappa shape index (κ2) is 4.78. The van der Waals surface area contributed by atoms with Crippen LogP contribution in [0.5, 0.6) is 0 Å². The van der Waals surface area contributed by atoms with E-state index >= 15 is 0 Å². The minimum atomic E-state index is -3.72. The average Bonchev–Trinajstić information content (AvgIpc) is 2.83. The number of fused-ring (bicyclic) bond motifs is 1. The van der Waals surface area contributed by atoms with Crippen molar-refractivity contribution in [2.75, 3.05) is 16.6 Å². The van der Waals surface area contributed by atoms with Crippen LogP contribution in [0.15, 0.2) is 27.5 Å². The Hall–Kier alpha value is -2.09. The molecular formula is C12H14N4O3S. The number of hydrogen-bond acceptors (Lipinski definition) is 6. The van der Waals surface area contributed by atoms with Gasteiger partial charge in [-0.1, -0.05) is 11.2 Å². The predicted octanol–water partition coefficient (Wildman–Crippen LogP) is 1.54. The first kappa shape index (κ1) is 12.9. The molecule has 106 valence electrons. The molecule has 0 radical (unpaired) electrons. The summed E-state index contributed by atoms with van der Waals surface area (Å²) in [5.41, 5.74) is 1.99. The van der Waals surface area contributed by atoms with E-state index < -0.39 is 10.0 Å². The van der Waals surface area contributed by atoms with Gasteiger partial charge in [0.1, 0.15) is 0 Å². The van der Waals surface area contributed by atoms with Crippen molar-refractivity contribution >= 4 is 21.7 Å². The van der Waals surface area contributed by atoms with Gasteiger partial charge in [0, 0.05) is 19.2 Å². The summed E-state index contributed by atoms with van der Waals surface area (Å²) in [4.78, 5) is 0.168. The highest BCUT2D eigenvalue weighted by Crippen LogP contribution is 2.26. The summed E-state index contributed by atoms with van der Waals surface area (Å²) in [5, 5.41) is 10.4. The fraction of sp³-hybridized carbons (Fsp3) is 0.333. The fourth-order valence-corrected chi connectivity index (χ4v) is 3.07. The topological polar surface area (TPSA) is 97.1 Å². The van der Waals surface area contributed by atoms with Gasteiger partial charge < -0.3 is 9.73 Å². The zero-order valence-electron chi connectivity index (χ0n) is 10.9. The highest BCUT2D eigenvalue weighted by molar-refractivity contribution is 7.92. The van der Waals surface area contributed by atoms with Gasteiger partial charge in [0.15, 0.2) is 0 Å². The predicted molar refractivity (Wildman–Crippen MR) is 73.1 cm³/mol. The van der Waals surface area contributed by atoms with Crippen molar-refractivity contribution in [1.29, 1.82) is 0 Å². The molecular weight excluding hydrogens is 280 g/mol. The smallest absolute Gasteiger partial charge is 0.329 e. The Kier molecular flexibility index (Phi) is 3.09. The summed E-state index contributed by atoms with van der Waals surface area (Å²) in [5.74, 6) is 0.301. The van der Waals surface area contributed by atoms with Gasteiger partial charge in [0.05, 0.1) is 4.90 Å². The Labute approximate surface area is 116 Å². The van der Waals surface area contributed by atoms with Gasteiger partial charge in [0.2, 0.25) is 5.89 Å². The van der Waals surface area contributed by atoms with Gasteiger partial charge >= 0.3 is 6.01 Å². The van der Waals surface area contributed by atoms with Gasteiger partial charge in [-0.2, -0.15) is 0 Å². The first-order valence-corrected chi connectivity index (χ1v) is 7.73. The molecule has 2 aromatic rings. The summed E-state index contributed by atoms with van der Waals surface area (Å²) in [7, 11) is -3.72. The molecule has 3 rings (SSSR count). The summed E-state index contributed by atoms with van der Waals surface area (Å²) >= 11 is 0. The second-order valence-corrected chi connectivity index (χ2v) is 6.26. The van der Waals surface area contributed by atoms with Crippen LogP contribution in [0.4, 0.5) is 11.7 Å². The molecule has 7 nitrogen and oxygen atoms in total. The van der Waals surface area contributed by atoms with Gasteiger partial charge in [0.25, 0.3) is 10.0 Å². The molecule has 20 heavy (non-hydrogen) atoms. The van der Waals surface area contributed by atoms with E-state index in [4.69, 9.17) is 4.42 Å². The molecule has 0 saturated heterocycles. The lowest BCUT2D eigenvalue weighted by atomic mass is 10.0. The fourth-order valence-electron chi connectivity index (χ4n) is 2.12. The largest absolute Gasteiger partial charge is 0.408 e. The van der Waals surface area contributed by atoms with Crippen LogP contribution in [0.25, 0.3) is 0 Å². The van der Waals surface area contributed by atoms with E-state index in [1.165, 1.54) is 0 Å². The molecule has 8 heteroatoms. The van der Waals surface area contributed by atoms with Gasteiger partial charge in [-0.3, -0.25) is 0 Å². The van der Waals surface area contributed by atoms with E-state index in [1.54, 1.807) is 19.1 Å². The molecule has 2 heterocycles. The summed E-state index contributed by atoms with van der Waals surface area (Å²) < 4.78 is 31.8. The zero-order valence-corrected chi connectivity index (χ0v) is 11.7. The van der Waals surface area contributed by atoms with Crippen molar-refractivity contribution in [3.8, 4) is 0 Å². The standard InChI is InChI=1S/C12H14N4O3S/c1-8-14-15-12(19-8)16-20(17,18)10-5-4-9-3-2-6-13-11(9)7-10/h4-5,7,13H,2-3,6H2,1H3,(H,15,16). The highest BCUT2D eigenvalue weighted by Gasteiger charge is 2.19. The molecule has 0 saturated carbocycles. The summed E-state index contributed by atoms with van der Waals surface area (Å²) in [6.07, 6.45) is 2.01. The SMILES string of the molecule is Cc1nnc(NS(=O)(=O)c2ccc3c(c2)NCCC3)o1. The third kappa shape index (κ3) is 2.46. The van der Waals surface area contributed by atoms with E-state index in [-0.39, 0.29) is 10.9 Å². The van der Waals surface area contributed by atoms with Crippen molar-refractivity contribution in [3.05, 3.63) is 29.7 Å². The minimum absolute atomic E-state index is 0.131. The molecule has 1 aromatic heterocycles. The molecule has 1 aromatic carbocycles. The first-order chi connectivity index (χ1) is 9.54. The van der Waals surface area contributed by atoms with E-state index in [1.807, 2.05) is 6.07 Å². The maximum atomic E-state index is 12.2. The maximum absolute atomic E-state index is 12.2. The van der Waals surface area contributed by atoms with Crippen molar-refractivity contribution in [1.82, 2.24) is 10.2 Å². The van der Waals surface area contributed by atoms with E-state index in [0.29, 0.717) is 5.89 Å². The van der Waals surface area contributed by atoms with Crippen molar-refractivity contribution in [2.45, 2.75) is 24.7 Å². The second-order valence-electron chi connectivity index (χ2n) is 4.58. The number of rotatable bonds is 3. The molecule has 0 bridgehead atoms. The lowest BCUT2D eigenvalue weighted by molar-refractivity contribution is 0.534. The van der Waals surface area contributed by atoms with Gasteiger partial charge in [-0.05, 0) is 30.5 Å². The minimum Gasteiger partial charge on any atom is -0.408 e. The highest BCUT2D eigenvalue weighted by atomic mass is 32.2. The van der Waals surface area contributed by atoms with Crippen molar-refractivity contribution < 1.29 is 12.8 Å². The van der Waals surface area contributed by atoms with Crippen LogP contribution < -0.4 is 10.0 Å². The van der Waals surface area contributed by atoms with Crippen LogP contribution in [0.1, 0.15) is 17.9 Å². The molecule has 1 aliphatic heterocycles. The average molecular weight is 294 g/mol. The Bertz CT molecular complexity index is 739. The molecule has 0 atom stereocenters. The molecule has 0 aliphatic carbocycles. The lowest BCUT2D eigenvalue weighted by Gasteiger charge is -2.18. The van der Waals surface area contributed by atoms with Crippen LogP contribution >= 0.6 is 0 Å². The molecule has 0 spiro atoms. The van der Waals surface area contributed by atoms with E-state index in [0.717, 1.165) is 30.6 Å². The molecule has 0 unspecified atom stereocenters. The molecule has 2 N–H and O–H groups in total. The Morgan fingerprint density at radius 3 is 2.95 bits per heavy atom. The third-order valence-electron chi connectivity index (χ3n) is 3.08. The van der Waals surface area contributed by atoms with Gasteiger partial charge in [-0.25, -0.2) is 13.1 Å². The Morgan fingerprint density at radius 2 is 2.20 bits per heavy atom. The number of anilines is 2. The van der Waals surface area contributed by atoms with Crippen LogP contribution in [-0.4, -0.2) is 25.2 Å². The number of sulfonamides is 1. The third-order valence-corrected chi connectivity index (χ3v) is 4.40. The first-order valence-electron chi connectivity index (χ1n) is 6.24. The number of nitrogens with zero attached hydrogens (tertiary/aromatic N) is 2. The van der Waals surface area contributed by atoms with Crippen molar-refractivity contribution in [2.24, 2.45) is 0 Å². The van der Waals surface area contributed by atoms with E-state index in [2.05, 4.69) is 20.2 Å². The summed E-state index contributed by atoms with van der Waals surface area (Å²) in [6, 6.07) is 4.90. The number of aryl methyl sites for hydroxylation is 2. The normalized spacial score (nSPS) is 14.4. The van der Waals surface area contributed by atoms with Crippen molar-refractivity contribution in [3.63, 3.8) is 0 Å². The number of benzene rings is 1. The number of aromatic nitrogens is 2. The van der Waals surface area contributed by atoms with Crippen LogP contribution in [0, 0.1) is 6.92 Å². The van der Waals surface area contributed by atoms with E-state index in [9.17, 15) is 8.42 Å². The van der Waals surface area contributed by atoms with Gasteiger partial charge in [-0.15, -0.1) is 5.10 Å².